The lowest BCUT2D eigenvalue weighted by Crippen LogP contribution is -2.02. The lowest BCUT2D eigenvalue weighted by Gasteiger charge is -1.97. The number of nitrogens with two attached hydrogens (primary N) is 1. The second-order valence-corrected chi connectivity index (χ2v) is 3.93. The van der Waals surface area contributed by atoms with Crippen molar-refractivity contribution in [2.24, 2.45) is 5.73 Å². The first kappa shape index (κ1) is 12.5. The van der Waals surface area contributed by atoms with Gasteiger partial charge >= 0.3 is 0 Å². The molecule has 0 amide bonds. The standard InChI is InChI=1S/C10H9ClN4O3/c11-7-3-6(4-8(5-7)15(16)17)10-14-13-9(18-10)1-2-12/h3-5H,1-2,12H2. The van der Waals surface area contributed by atoms with Crippen LogP contribution < -0.4 is 5.73 Å². The maximum absolute atomic E-state index is 10.7. The molecule has 1 aromatic heterocycles. The summed E-state index contributed by atoms with van der Waals surface area (Å²) < 4.78 is 5.32. The van der Waals surface area contributed by atoms with Gasteiger partial charge in [-0.15, -0.1) is 10.2 Å². The Morgan fingerprint density at radius 2 is 2.17 bits per heavy atom. The lowest BCUT2D eigenvalue weighted by atomic mass is 10.2. The third kappa shape index (κ3) is 2.63. The van der Waals surface area contributed by atoms with Gasteiger partial charge in [-0.1, -0.05) is 11.6 Å². The highest BCUT2D eigenvalue weighted by atomic mass is 35.5. The van der Waals surface area contributed by atoms with Crippen molar-refractivity contribution in [1.29, 1.82) is 0 Å². The van der Waals surface area contributed by atoms with E-state index in [9.17, 15) is 10.1 Å². The highest BCUT2D eigenvalue weighted by Crippen LogP contribution is 2.27. The van der Waals surface area contributed by atoms with Crippen LogP contribution in [0, 0.1) is 10.1 Å². The molecular weight excluding hydrogens is 260 g/mol. The van der Waals surface area contributed by atoms with Crippen molar-refractivity contribution in [2.75, 3.05) is 6.54 Å². The molecule has 2 aromatic rings. The summed E-state index contributed by atoms with van der Waals surface area (Å²) in [7, 11) is 0. The number of hydrogen-bond donors (Lipinski definition) is 1. The van der Waals surface area contributed by atoms with Gasteiger partial charge in [0, 0.05) is 35.7 Å². The quantitative estimate of drug-likeness (QED) is 0.669. The number of benzene rings is 1. The van der Waals surface area contributed by atoms with Crippen LogP contribution in [-0.2, 0) is 6.42 Å². The molecule has 2 rings (SSSR count). The van der Waals surface area contributed by atoms with Crippen LogP contribution in [0.15, 0.2) is 22.6 Å². The van der Waals surface area contributed by atoms with E-state index in [1.807, 2.05) is 0 Å². The van der Waals surface area contributed by atoms with Crippen molar-refractivity contribution in [3.63, 3.8) is 0 Å². The minimum absolute atomic E-state index is 0.129. The molecule has 94 valence electrons. The molecule has 0 unspecified atom stereocenters. The maximum atomic E-state index is 10.7. The zero-order chi connectivity index (χ0) is 13.1. The molecular formula is C10H9ClN4O3. The first-order valence-corrected chi connectivity index (χ1v) is 5.46. The van der Waals surface area contributed by atoms with Gasteiger partial charge < -0.3 is 10.2 Å². The summed E-state index contributed by atoms with van der Waals surface area (Å²) in [5.41, 5.74) is 5.64. The summed E-state index contributed by atoms with van der Waals surface area (Å²) in [5.74, 6) is 0.569. The van der Waals surface area contributed by atoms with Crippen molar-refractivity contribution in [1.82, 2.24) is 10.2 Å². The molecule has 0 spiro atoms. The van der Waals surface area contributed by atoms with Crippen molar-refractivity contribution in [3.8, 4) is 11.5 Å². The SMILES string of the molecule is NCCc1nnc(-c2cc(Cl)cc([N+](=O)[O-])c2)o1. The number of halogens is 1. The average molecular weight is 269 g/mol. The van der Waals surface area contributed by atoms with Crippen molar-refractivity contribution >= 4 is 17.3 Å². The van der Waals surface area contributed by atoms with Gasteiger partial charge in [0.05, 0.1) is 4.92 Å². The van der Waals surface area contributed by atoms with E-state index in [1.54, 1.807) is 0 Å². The van der Waals surface area contributed by atoms with E-state index in [0.29, 0.717) is 24.4 Å². The monoisotopic (exact) mass is 268 g/mol. The van der Waals surface area contributed by atoms with Crippen LogP contribution in [-0.4, -0.2) is 21.7 Å². The van der Waals surface area contributed by atoms with Gasteiger partial charge in [0.2, 0.25) is 11.8 Å². The normalized spacial score (nSPS) is 10.6. The molecule has 1 aromatic carbocycles. The second kappa shape index (κ2) is 5.11. The van der Waals surface area contributed by atoms with E-state index in [1.165, 1.54) is 18.2 Å². The molecule has 0 bridgehead atoms. The first-order valence-electron chi connectivity index (χ1n) is 5.08. The van der Waals surface area contributed by atoms with Crippen molar-refractivity contribution in [3.05, 3.63) is 39.2 Å². The molecule has 1 heterocycles. The predicted molar refractivity (Wildman–Crippen MR) is 64.2 cm³/mol. The smallest absolute Gasteiger partial charge is 0.271 e. The Labute approximate surface area is 107 Å². The van der Waals surface area contributed by atoms with Crippen LogP contribution in [0.1, 0.15) is 5.89 Å². The molecule has 0 aliphatic heterocycles. The van der Waals surface area contributed by atoms with Crippen LogP contribution in [0.4, 0.5) is 5.69 Å². The molecule has 8 heteroatoms. The number of hydrogen-bond acceptors (Lipinski definition) is 6. The molecule has 0 aliphatic carbocycles. The van der Waals surface area contributed by atoms with Gasteiger partial charge in [-0.05, 0) is 6.07 Å². The molecule has 7 nitrogen and oxygen atoms in total. The summed E-state index contributed by atoms with van der Waals surface area (Å²) >= 11 is 5.80. The van der Waals surface area contributed by atoms with Gasteiger partial charge in [0.1, 0.15) is 0 Å². The Morgan fingerprint density at radius 1 is 1.39 bits per heavy atom. The predicted octanol–water partition coefficient (Wildman–Crippen LogP) is 1.80. The van der Waals surface area contributed by atoms with E-state index < -0.39 is 4.92 Å². The highest BCUT2D eigenvalue weighted by Gasteiger charge is 2.14. The minimum atomic E-state index is -0.535. The molecule has 0 radical (unpaired) electrons. The van der Waals surface area contributed by atoms with Gasteiger partial charge in [0.25, 0.3) is 5.69 Å². The third-order valence-corrected chi connectivity index (χ3v) is 2.38. The largest absolute Gasteiger partial charge is 0.421 e. The number of nitrogens with zero attached hydrogens (tertiary/aromatic N) is 3. The molecule has 2 N–H and O–H groups in total. The lowest BCUT2D eigenvalue weighted by molar-refractivity contribution is -0.384. The summed E-state index contributed by atoms with van der Waals surface area (Å²) in [6.07, 6.45) is 0.454. The number of nitro groups is 1. The molecule has 18 heavy (non-hydrogen) atoms. The zero-order valence-corrected chi connectivity index (χ0v) is 9.92. The van der Waals surface area contributed by atoms with E-state index in [4.69, 9.17) is 21.8 Å². The highest BCUT2D eigenvalue weighted by molar-refractivity contribution is 6.31. The fraction of sp³-hybridized carbons (Fsp3) is 0.200. The summed E-state index contributed by atoms with van der Waals surface area (Å²) in [6.45, 7) is 0.386. The van der Waals surface area contributed by atoms with Crippen LogP contribution in [0.5, 0.6) is 0 Å². The average Bonchev–Trinajstić information content (AvgIpc) is 2.77. The molecule has 0 atom stereocenters. The number of aromatic nitrogens is 2. The van der Waals surface area contributed by atoms with Gasteiger partial charge in [-0.2, -0.15) is 0 Å². The topological polar surface area (TPSA) is 108 Å². The zero-order valence-electron chi connectivity index (χ0n) is 9.17. The Bertz CT molecular complexity index is 584. The van der Waals surface area contributed by atoms with Crippen molar-refractivity contribution in [2.45, 2.75) is 6.42 Å². The van der Waals surface area contributed by atoms with Gasteiger partial charge in [-0.25, -0.2) is 0 Å². The molecule has 0 saturated carbocycles. The number of non-ortho nitro benzene ring substituents is 1. The summed E-state index contributed by atoms with van der Waals surface area (Å²) in [4.78, 5) is 10.2. The molecule has 0 saturated heterocycles. The summed E-state index contributed by atoms with van der Waals surface area (Å²) in [5, 5.41) is 18.5. The van der Waals surface area contributed by atoms with Gasteiger partial charge in [-0.3, -0.25) is 10.1 Å². The van der Waals surface area contributed by atoms with Crippen LogP contribution >= 0.6 is 11.6 Å². The van der Waals surface area contributed by atoms with Crippen LogP contribution in [0.2, 0.25) is 5.02 Å². The molecule has 0 fully saturated rings. The fourth-order valence-electron chi connectivity index (χ4n) is 1.40. The number of nitro benzene ring substituents is 1. The van der Waals surface area contributed by atoms with E-state index in [0.717, 1.165) is 0 Å². The Morgan fingerprint density at radius 3 is 2.83 bits per heavy atom. The van der Waals surface area contributed by atoms with Crippen LogP contribution in [0.3, 0.4) is 0 Å². The Kier molecular flexibility index (Phi) is 3.54. The second-order valence-electron chi connectivity index (χ2n) is 3.49. The maximum Gasteiger partial charge on any atom is 0.271 e. The van der Waals surface area contributed by atoms with Gasteiger partial charge in [0.15, 0.2) is 0 Å². The van der Waals surface area contributed by atoms with E-state index in [-0.39, 0.29) is 16.6 Å². The Hall–Kier alpha value is -1.99. The van der Waals surface area contributed by atoms with E-state index >= 15 is 0 Å². The summed E-state index contributed by atoms with van der Waals surface area (Å²) in [6, 6.07) is 4.10. The van der Waals surface area contributed by atoms with E-state index in [2.05, 4.69) is 10.2 Å². The third-order valence-electron chi connectivity index (χ3n) is 2.17. The molecule has 0 aliphatic rings. The minimum Gasteiger partial charge on any atom is -0.421 e. The van der Waals surface area contributed by atoms with Crippen molar-refractivity contribution < 1.29 is 9.34 Å². The fourth-order valence-corrected chi connectivity index (χ4v) is 1.63. The first-order chi connectivity index (χ1) is 8.60. The van der Waals surface area contributed by atoms with Crippen LogP contribution in [0.25, 0.3) is 11.5 Å². The Balaban J connectivity index is 2.39. The number of rotatable bonds is 4.